The van der Waals surface area contributed by atoms with Crippen molar-refractivity contribution in [2.75, 3.05) is 5.32 Å². The molecule has 0 radical (unpaired) electrons. The first-order valence-corrected chi connectivity index (χ1v) is 10.9. The standard InChI is InChI=1S/C24H22ClN5O/c25-15-5-10-19-21(11-12-26-23(19)13-15)28-16-6-8-17(9-7-16)29-24(31)20-14-27-30-22-4-2-1-3-18(20)22/h1-5,10-14,16-17H,6-9H2,(H,26,28)(H,29,31). The Labute approximate surface area is 185 Å². The molecule has 0 saturated heterocycles. The molecular formula is C24H22ClN5O. The summed E-state index contributed by atoms with van der Waals surface area (Å²) in [6.07, 6.45) is 7.17. The van der Waals surface area contributed by atoms with Crippen LogP contribution in [0.3, 0.4) is 0 Å². The van der Waals surface area contributed by atoms with Gasteiger partial charge in [-0.2, -0.15) is 10.2 Å². The molecule has 0 bridgehead atoms. The van der Waals surface area contributed by atoms with Crippen LogP contribution >= 0.6 is 11.6 Å². The lowest BCUT2D eigenvalue weighted by Crippen LogP contribution is -2.40. The fraction of sp³-hybridized carbons (Fsp3) is 0.250. The molecule has 2 heterocycles. The van der Waals surface area contributed by atoms with Crippen molar-refractivity contribution in [3.8, 4) is 0 Å². The van der Waals surface area contributed by atoms with Gasteiger partial charge in [0.1, 0.15) is 0 Å². The first-order valence-electron chi connectivity index (χ1n) is 10.5. The van der Waals surface area contributed by atoms with Crippen molar-refractivity contribution < 1.29 is 4.79 Å². The van der Waals surface area contributed by atoms with Gasteiger partial charge in [0.25, 0.3) is 5.91 Å². The SMILES string of the molecule is O=C(NC1CCC(Nc2ccnc3cc(Cl)ccc23)CC1)c1cnnc2ccccc12. The first-order chi connectivity index (χ1) is 15.2. The van der Waals surface area contributed by atoms with Crippen LogP contribution in [0.2, 0.25) is 5.02 Å². The molecule has 6 nitrogen and oxygen atoms in total. The number of amides is 1. The minimum Gasteiger partial charge on any atom is -0.382 e. The van der Waals surface area contributed by atoms with Crippen molar-refractivity contribution in [2.45, 2.75) is 37.8 Å². The third-order valence-electron chi connectivity index (χ3n) is 5.92. The number of carbonyl (C=O) groups excluding carboxylic acids is 1. The van der Waals surface area contributed by atoms with Gasteiger partial charge in [0, 0.05) is 39.8 Å². The molecule has 2 aromatic heterocycles. The number of pyridine rings is 1. The zero-order valence-corrected chi connectivity index (χ0v) is 17.6. The van der Waals surface area contributed by atoms with E-state index < -0.39 is 0 Å². The lowest BCUT2D eigenvalue weighted by atomic mass is 9.90. The van der Waals surface area contributed by atoms with Gasteiger partial charge in [-0.25, -0.2) is 0 Å². The highest BCUT2D eigenvalue weighted by molar-refractivity contribution is 6.31. The van der Waals surface area contributed by atoms with Gasteiger partial charge < -0.3 is 10.6 Å². The molecule has 0 aliphatic heterocycles. The van der Waals surface area contributed by atoms with Crippen LogP contribution in [0.5, 0.6) is 0 Å². The normalized spacial score (nSPS) is 18.7. The van der Waals surface area contributed by atoms with E-state index in [2.05, 4.69) is 25.8 Å². The number of anilines is 1. The van der Waals surface area contributed by atoms with E-state index in [1.165, 1.54) is 0 Å². The van der Waals surface area contributed by atoms with Gasteiger partial charge in [-0.15, -0.1) is 0 Å². The second kappa shape index (κ2) is 8.47. The van der Waals surface area contributed by atoms with Gasteiger partial charge in [0.2, 0.25) is 0 Å². The number of carbonyl (C=O) groups is 1. The van der Waals surface area contributed by atoms with E-state index in [-0.39, 0.29) is 11.9 Å². The molecule has 1 aliphatic rings. The van der Waals surface area contributed by atoms with Crippen LogP contribution < -0.4 is 10.6 Å². The zero-order chi connectivity index (χ0) is 21.2. The molecule has 156 valence electrons. The summed E-state index contributed by atoms with van der Waals surface area (Å²) in [5.74, 6) is -0.0838. The number of halogens is 1. The first kappa shape index (κ1) is 19.7. The topological polar surface area (TPSA) is 79.8 Å². The Morgan fingerprint density at radius 1 is 0.935 bits per heavy atom. The van der Waals surface area contributed by atoms with Crippen LogP contribution in [0, 0.1) is 0 Å². The van der Waals surface area contributed by atoms with Gasteiger partial charge in [-0.1, -0.05) is 29.8 Å². The number of fused-ring (bicyclic) bond motifs is 2. The van der Waals surface area contributed by atoms with Crippen LogP contribution in [-0.2, 0) is 0 Å². The lowest BCUT2D eigenvalue weighted by molar-refractivity contribution is 0.0928. The van der Waals surface area contributed by atoms with E-state index in [0.717, 1.165) is 53.2 Å². The van der Waals surface area contributed by atoms with Crippen LogP contribution in [0.4, 0.5) is 5.69 Å². The summed E-state index contributed by atoms with van der Waals surface area (Å²) < 4.78 is 0. The van der Waals surface area contributed by atoms with Crippen molar-refractivity contribution in [3.63, 3.8) is 0 Å². The molecule has 31 heavy (non-hydrogen) atoms. The molecule has 2 aromatic carbocycles. The third kappa shape index (κ3) is 4.16. The van der Waals surface area contributed by atoms with Gasteiger partial charge in [-0.05, 0) is 56.0 Å². The van der Waals surface area contributed by atoms with Crippen LogP contribution in [-0.4, -0.2) is 33.2 Å². The minimum absolute atomic E-state index is 0.0838. The third-order valence-corrected chi connectivity index (χ3v) is 6.15. The Bertz CT molecular complexity index is 1250. The average Bonchev–Trinajstić information content (AvgIpc) is 2.80. The van der Waals surface area contributed by atoms with Crippen LogP contribution in [0.1, 0.15) is 36.0 Å². The fourth-order valence-corrected chi connectivity index (χ4v) is 4.47. The maximum absolute atomic E-state index is 12.9. The summed E-state index contributed by atoms with van der Waals surface area (Å²) in [7, 11) is 0. The van der Waals surface area contributed by atoms with Gasteiger partial charge >= 0.3 is 0 Å². The fourth-order valence-electron chi connectivity index (χ4n) is 4.30. The summed E-state index contributed by atoms with van der Waals surface area (Å²) in [6, 6.07) is 15.9. The average molecular weight is 432 g/mol. The van der Waals surface area contributed by atoms with Crippen molar-refractivity contribution in [3.05, 3.63) is 71.5 Å². The summed E-state index contributed by atoms with van der Waals surface area (Å²) in [6.45, 7) is 0. The Morgan fingerprint density at radius 2 is 1.74 bits per heavy atom. The number of aromatic nitrogens is 3. The van der Waals surface area contributed by atoms with Gasteiger partial charge in [0.05, 0.1) is 22.8 Å². The van der Waals surface area contributed by atoms with Crippen LogP contribution in [0.25, 0.3) is 21.8 Å². The number of rotatable bonds is 4. The molecule has 0 unspecified atom stereocenters. The Balaban J connectivity index is 1.22. The van der Waals surface area contributed by atoms with E-state index >= 15 is 0 Å². The minimum atomic E-state index is -0.0838. The van der Waals surface area contributed by atoms with Crippen molar-refractivity contribution in [1.29, 1.82) is 0 Å². The van der Waals surface area contributed by atoms with E-state index in [1.807, 2.05) is 48.5 Å². The largest absolute Gasteiger partial charge is 0.382 e. The van der Waals surface area contributed by atoms with E-state index in [0.29, 0.717) is 16.6 Å². The second-order valence-corrected chi connectivity index (χ2v) is 8.40. The summed E-state index contributed by atoms with van der Waals surface area (Å²) in [4.78, 5) is 17.3. The number of benzene rings is 2. The van der Waals surface area contributed by atoms with Gasteiger partial charge in [-0.3, -0.25) is 9.78 Å². The van der Waals surface area contributed by atoms with Crippen molar-refractivity contribution in [1.82, 2.24) is 20.5 Å². The smallest absolute Gasteiger partial charge is 0.253 e. The highest BCUT2D eigenvalue weighted by Crippen LogP contribution is 2.28. The molecule has 1 saturated carbocycles. The highest BCUT2D eigenvalue weighted by atomic mass is 35.5. The molecule has 7 heteroatoms. The maximum Gasteiger partial charge on any atom is 0.253 e. The molecule has 2 N–H and O–H groups in total. The van der Waals surface area contributed by atoms with Crippen LogP contribution in [0.15, 0.2) is 60.9 Å². The molecular weight excluding hydrogens is 410 g/mol. The molecule has 0 spiro atoms. The summed E-state index contributed by atoms with van der Waals surface area (Å²) in [5, 5.41) is 17.5. The number of nitrogens with zero attached hydrogens (tertiary/aromatic N) is 3. The Morgan fingerprint density at radius 3 is 2.61 bits per heavy atom. The predicted octanol–water partition coefficient (Wildman–Crippen LogP) is 4.98. The predicted molar refractivity (Wildman–Crippen MR) is 123 cm³/mol. The van der Waals surface area contributed by atoms with Crippen molar-refractivity contribution >= 4 is 45.0 Å². The number of hydrogen-bond acceptors (Lipinski definition) is 5. The molecule has 1 amide bonds. The monoisotopic (exact) mass is 431 g/mol. The van der Waals surface area contributed by atoms with E-state index in [4.69, 9.17) is 11.6 Å². The van der Waals surface area contributed by atoms with Gasteiger partial charge in [0.15, 0.2) is 0 Å². The number of nitrogens with one attached hydrogen (secondary N) is 2. The molecule has 0 atom stereocenters. The molecule has 4 aromatic rings. The lowest BCUT2D eigenvalue weighted by Gasteiger charge is -2.30. The Kier molecular flexibility index (Phi) is 5.38. The summed E-state index contributed by atoms with van der Waals surface area (Å²) in [5.41, 5.74) is 3.27. The zero-order valence-electron chi connectivity index (χ0n) is 16.9. The van der Waals surface area contributed by atoms with Crippen molar-refractivity contribution in [2.24, 2.45) is 0 Å². The number of hydrogen-bond donors (Lipinski definition) is 2. The maximum atomic E-state index is 12.9. The Hall–Kier alpha value is -3.25. The van der Waals surface area contributed by atoms with E-state index in [9.17, 15) is 4.79 Å². The second-order valence-electron chi connectivity index (χ2n) is 7.96. The molecule has 1 aliphatic carbocycles. The summed E-state index contributed by atoms with van der Waals surface area (Å²) >= 11 is 6.09. The quantitative estimate of drug-likeness (QED) is 0.476. The highest BCUT2D eigenvalue weighted by Gasteiger charge is 2.24. The molecule has 5 rings (SSSR count). The molecule has 1 fully saturated rings. The van der Waals surface area contributed by atoms with E-state index in [1.54, 1.807) is 12.4 Å².